The van der Waals surface area contributed by atoms with Crippen molar-refractivity contribution in [2.45, 2.75) is 38.4 Å². The van der Waals surface area contributed by atoms with Gasteiger partial charge in [0.15, 0.2) is 0 Å². The van der Waals surface area contributed by atoms with Crippen molar-refractivity contribution >= 4 is 5.91 Å². The third kappa shape index (κ3) is 4.38. The maximum absolute atomic E-state index is 11.8. The Morgan fingerprint density at radius 1 is 1.44 bits per heavy atom. The number of rotatable bonds is 3. The van der Waals surface area contributed by atoms with Crippen molar-refractivity contribution in [1.82, 2.24) is 4.90 Å². The van der Waals surface area contributed by atoms with E-state index in [4.69, 9.17) is 0 Å². The second kappa shape index (κ2) is 5.52. The lowest BCUT2D eigenvalue weighted by atomic mass is 10.0. The number of amides is 1. The molecule has 1 amide bonds. The Morgan fingerprint density at radius 3 is 2.69 bits per heavy atom. The lowest BCUT2D eigenvalue weighted by Gasteiger charge is -2.33. The summed E-state index contributed by atoms with van der Waals surface area (Å²) < 4.78 is 39.7. The van der Waals surface area contributed by atoms with Gasteiger partial charge in [-0.15, -0.1) is 0 Å². The summed E-state index contributed by atoms with van der Waals surface area (Å²) in [4.78, 5) is 13.1. The Bertz CT molecular complexity index is 243. The van der Waals surface area contributed by atoms with Gasteiger partial charge in [0.1, 0.15) is 13.2 Å². The van der Waals surface area contributed by atoms with Crippen LogP contribution in [0.2, 0.25) is 0 Å². The number of piperidine rings is 1. The molecular weight excluding hydrogens is 223 g/mol. The molecule has 1 saturated heterocycles. The van der Waals surface area contributed by atoms with Crippen LogP contribution in [-0.4, -0.2) is 42.8 Å². The predicted octanol–water partition coefficient (Wildman–Crippen LogP) is 1.97. The fourth-order valence-corrected chi connectivity index (χ4v) is 1.81. The van der Waals surface area contributed by atoms with Crippen LogP contribution in [0, 0.1) is 0 Å². The van der Waals surface area contributed by atoms with E-state index in [1.165, 1.54) is 0 Å². The van der Waals surface area contributed by atoms with Crippen molar-refractivity contribution in [1.29, 1.82) is 0 Å². The number of hydrogen-bond acceptors (Lipinski definition) is 2. The van der Waals surface area contributed by atoms with Gasteiger partial charge in [0, 0.05) is 12.6 Å². The summed E-state index contributed by atoms with van der Waals surface area (Å²) in [6.07, 6.45) is -1.48. The maximum Gasteiger partial charge on any atom is 0.411 e. The molecule has 1 aliphatic heterocycles. The van der Waals surface area contributed by atoms with E-state index < -0.39 is 19.4 Å². The molecule has 0 radical (unpaired) electrons. The summed E-state index contributed by atoms with van der Waals surface area (Å²) in [5.74, 6) is -0.351. The van der Waals surface area contributed by atoms with Crippen molar-refractivity contribution in [3.63, 3.8) is 0 Å². The minimum Gasteiger partial charge on any atom is -0.362 e. The van der Waals surface area contributed by atoms with E-state index in [0.29, 0.717) is 6.54 Å². The van der Waals surface area contributed by atoms with Crippen LogP contribution in [0.1, 0.15) is 26.2 Å². The van der Waals surface area contributed by atoms with Gasteiger partial charge in [-0.1, -0.05) is 0 Å². The molecule has 0 aromatic heterocycles. The maximum atomic E-state index is 11.8. The lowest BCUT2D eigenvalue weighted by molar-refractivity contribution is -0.178. The van der Waals surface area contributed by atoms with Gasteiger partial charge in [-0.2, -0.15) is 13.2 Å². The Hall–Kier alpha value is -0.780. The number of halogens is 3. The third-order valence-electron chi connectivity index (χ3n) is 2.61. The molecular formula is C10H16F3NO2. The van der Waals surface area contributed by atoms with Gasteiger partial charge in [0.05, 0.1) is 0 Å². The monoisotopic (exact) mass is 239 g/mol. The van der Waals surface area contributed by atoms with E-state index in [9.17, 15) is 18.0 Å². The highest BCUT2D eigenvalue weighted by atomic mass is 19.4. The van der Waals surface area contributed by atoms with Crippen LogP contribution in [0.4, 0.5) is 13.2 Å². The van der Waals surface area contributed by atoms with Gasteiger partial charge in [-0.3, -0.25) is 4.79 Å². The van der Waals surface area contributed by atoms with E-state index in [1.54, 1.807) is 4.90 Å². The van der Waals surface area contributed by atoms with E-state index >= 15 is 0 Å². The lowest BCUT2D eigenvalue weighted by Crippen LogP contribution is -2.44. The number of alkyl halides is 3. The fourth-order valence-electron chi connectivity index (χ4n) is 1.81. The van der Waals surface area contributed by atoms with Crippen LogP contribution in [0.25, 0.3) is 0 Å². The van der Waals surface area contributed by atoms with Crippen LogP contribution in [0.3, 0.4) is 0 Å². The average Bonchev–Trinajstić information content (AvgIpc) is 2.16. The van der Waals surface area contributed by atoms with Crippen molar-refractivity contribution in [3.8, 4) is 0 Å². The van der Waals surface area contributed by atoms with Crippen LogP contribution in [0.5, 0.6) is 0 Å². The number of likely N-dealkylation sites (tertiary alicyclic amines) is 1. The highest BCUT2D eigenvalue weighted by Gasteiger charge is 2.29. The topological polar surface area (TPSA) is 29.5 Å². The largest absolute Gasteiger partial charge is 0.411 e. The van der Waals surface area contributed by atoms with E-state index in [2.05, 4.69) is 4.74 Å². The molecule has 0 saturated carbocycles. The minimum atomic E-state index is -4.37. The molecule has 3 nitrogen and oxygen atoms in total. The molecule has 6 heteroatoms. The van der Waals surface area contributed by atoms with E-state index in [-0.39, 0.29) is 11.9 Å². The van der Waals surface area contributed by atoms with Gasteiger partial charge in [-0.25, -0.2) is 0 Å². The molecule has 0 bridgehead atoms. The van der Waals surface area contributed by atoms with Gasteiger partial charge in [0.2, 0.25) is 5.91 Å². The number of nitrogens with zero attached hydrogens (tertiary/aromatic N) is 1. The highest BCUT2D eigenvalue weighted by Crippen LogP contribution is 2.17. The quantitative estimate of drug-likeness (QED) is 0.753. The zero-order valence-corrected chi connectivity index (χ0v) is 9.22. The summed E-state index contributed by atoms with van der Waals surface area (Å²) in [5.41, 5.74) is 0. The molecule has 94 valence electrons. The SMILES string of the molecule is CC1CCCCN1C(=O)COCC(F)(F)F. The summed E-state index contributed by atoms with van der Waals surface area (Å²) in [6.45, 7) is 0.682. The van der Waals surface area contributed by atoms with Crippen molar-refractivity contribution in [2.75, 3.05) is 19.8 Å². The molecule has 1 aliphatic rings. The van der Waals surface area contributed by atoms with Gasteiger partial charge in [-0.05, 0) is 26.2 Å². The number of carbonyl (C=O) groups excluding carboxylic acids is 1. The predicted molar refractivity (Wildman–Crippen MR) is 51.9 cm³/mol. The standard InChI is InChI=1S/C10H16F3NO2/c1-8-4-2-3-5-14(8)9(15)6-16-7-10(11,12)13/h8H,2-7H2,1H3. The zero-order valence-electron chi connectivity index (χ0n) is 9.22. The molecule has 0 aromatic carbocycles. The summed E-state index contributed by atoms with van der Waals surface area (Å²) in [5, 5.41) is 0. The Kier molecular flexibility index (Phi) is 4.58. The molecule has 1 atom stereocenters. The number of carbonyl (C=O) groups is 1. The normalized spacial score (nSPS) is 22.2. The van der Waals surface area contributed by atoms with Gasteiger partial charge < -0.3 is 9.64 Å². The molecule has 0 aliphatic carbocycles. The molecule has 1 rings (SSSR count). The first kappa shape index (κ1) is 13.3. The van der Waals surface area contributed by atoms with Crippen molar-refractivity contribution < 1.29 is 22.7 Å². The minimum absolute atomic E-state index is 0.107. The molecule has 0 N–H and O–H groups in total. The summed E-state index contributed by atoms with van der Waals surface area (Å²) >= 11 is 0. The first-order valence-electron chi connectivity index (χ1n) is 5.34. The number of hydrogen-bond donors (Lipinski definition) is 0. The Balaban J connectivity index is 2.29. The van der Waals surface area contributed by atoms with Crippen LogP contribution < -0.4 is 0 Å². The van der Waals surface area contributed by atoms with E-state index in [1.807, 2.05) is 6.92 Å². The first-order chi connectivity index (χ1) is 7.40. The zero-order chi connectivity index (χ0) is 12.2. The molecule has 1 fully saturated rings. The number of ether oxygens (including phenoxy) is 1. The van der Waals surface area contributed by atoms with Crippen LogP contribution >= 0.6 is 0 Å². The average molecular weight is 239 g/mol. The molecule has 0 spiro atoms. The van der Waals surface area contributed by atoms with Gasteiger partial charge in [0.25, 0.3) is 0 Å². The molecule has 1 heterocycles. The Labute approximate surface area is 92.5 Å². The second-order valence-corrected chi connectivity index (χ2v) is 4.04. The summed E-state index contributed by atoms with van der Waals surface area (Å²) in [7, 11) is 0. The summed E-state index contributed by atoms with van der Waals surface area (Å²) in [6, 6.07) is 0.107. The van der Waals surface area contributed by atoms with E-state index in [0.717, 1.165) is 19.3 Å². The highest BCUT2D eigenvalue weighted by molar-refractivity contribution is 5.77. The third-order valence-corrected chi connectivity index (χ3v) is 2.61. The fraction of sp³-hybridized carbons (Fsp3) is 0.900. The van der Waals surface area contributed by atoms with Crippen LogP contribution in [-0.2, 0) is 9.53 Å². The Morgan fingerprint density at radius 2 is 2.12 bits per heavy atom. The second-order valence-electron chi connectivity index (χ2n) is 4.04. The van der Waals surface area contributed by atoms with Crippen molar-refractivity contribution in [2.24, 2.45) is 0 Å². The molecule has 0 aromatic rings. The van der Waals surface area contributed by atoms with Crippen molar-refractivity contribution in [3.05, 3.63) is 0 Å². The molecule has 1 unspecified atom stereocenters. The molecule has 16 heavy (non-hydrogen) atoms. The van der Waals surface area contributed by atoms with Gasteiger partial charge >= 0.3 is 6.18 Å². The van der Waals surface area contributed by atoms with Crippen LogP contribution in [0.15, 0.2) is 0 Å². The smallest absolute Gasteiger partial charge is 0.362 e. The first-order valence-corrected chi connectivity index (χ1v) is 5.34.